The molecule has 16 heavy (non-hydrogen) atoms. The van der Waals surface area contributed by atoms with Gasteiger partial charge in [-0.25, -0.2) is 0 Å². The Kier molecular flexibility index (Phi) is 13.0. The van der Waals surface area contributed by atoms with Crippen LogP contribution in [0, 0.1) is 5.92 Å². The van der Waals surface area contributed by atoms with Crippen molar-refractivity contribution in [1.82, 2.24) is 5.32 Å². The molecule has 0 aliphatic carbocycles. The van der Waals surface area contributed by atoms with Crippen molar-refractivity contribution >= 4 is 0 Å². The highest BCUT2D eigenvalue weighted by atomic mass is 14.8. The number of rotatable bonds is 12. The predicted molar refractivity (Wildman–Crippen MR) is 74.9 cm³/mol. The van der Waals surface area contributed by atoms with Crippen LogP contribution in [0.3, 0.4) is 0 Å². The molecule has 0 aromatic carbocycles. The second kappa shape index (κ2) is 13.0. The van der Waals surface area contributed by atoms with Crippen molar-refractivity contribution in [2.75, 3.05) is 13.1 Å². The summed E-state index contributed by atoms with van der Waals surface area (Å²) in [4.78, 5) is 0. The van der Waals surface area contributed by atoms with Gasteiger partial charge in [-0.1, -0.05) is 59.3 Å². The van der Waals surface area contributed by atoms with Crippen LogP contribution in [0.4, 0.5) is 0 Å². The van der Waals surface area contributed by atoms with Gasteiger partial charge < -0.3 is 5.32 Å². The van der Waals surface area contributed by atoms with Gasteiger partial charge in [0.1, 0.15) is 0 Å². The molecule has 0 spiro atoms. The quantitative estimate of drug-likeness (QED) is 0.474. The zero-order valence-electron chi connectivity index (χ0n) is 11.9. The van der Waals surface area contributed by atoms with Crippen LogP contribution in [0.1, 0.15) is 78.6 Å². The Morgan fingerprint density at radius 1 is 0.750 bits per heavy atom. The smallest absolute Gasteiger partial charge is 0.00205 e. The van der Waals surface area contributed by atoms with E-state index < -0.39 is 0 Å². The molecule has 0 bridgehead atoms. The number of hydrogen-bond acceptors (Lipinski definition) is 1. The van der Waals surface area contributed by atoms with Crippen molar-refractivity contribution in [2.24, 2.45) is 5.92 Å². The molecular weight excluding hydrogens is 194 g/mol. The summed E-state index contributed by atoms with van der Waals surface area (Å²) in [6, 6.07) is 0. The SMILES string of the molecule is CCCCCCCC(CCC)CNCCC. The molecule has 0 aromatic heterocycles. The molecule has 0 amide bonds. The lowest BCUT2D eigenvalue weighted by Crippen LogP contribution is -2.23. The van der Waals surface area contributed by atoms with Crippen molar-refractivity contribution in [2.45, 2.75) is 78.6 Å². The van der Waals surface area contributed by atoms with Gasteiger partial charge in [-0.2, -0.15) is 0 Å². The summed E-state index contributed by atoms with van der Waals surface area (Å²) in [6.45, 7) is 9.27. The lowest BCUT2D eigenvalue weighted by Gasteiger charge is -2.16. The van der Waals surface area contributed by atoms with E-state index in [-0.39, 0.29) is 0 Å². The number of nitrogens with one attached hydrogen (secondary N) is 1. The van der Waals surface area contributed by atoms with Crippen molar-refractivity contribution < 1.29 is 0 Å². The van der Waals surface area contributed by atoms with Gasteiger partial charge in [0.2, 0.25) is 0 Å². The fourth-order valence-corrected chi connectivity index (χ4v) is 2.28. The molecule has 0 aromatic rings. The molecule has 1 N–H and O–H groups in total. The first-order valence-electron chi connectivity index (χ1n) is 7.55. The molecule has 0 rings (SSSR count). The topological polar surface area (TPSA) is 12.0 Å². The number of hydrogen-bond donors (Lipinski definition) is 1. The largest absolute Gasteiger partial charge is 0.316 e. The minimum absolute atomic E-state index is 0.929. The molecule has 1 heteroatoms. The second-order valence-electron chi connectivity index (χ2n) is 5.06. The summed E-state index contributed by atoms with van der Waals surface area (Å²) in [7, 11) is 0. The Morgan fingerprint density at radius 3 is 2.12 bits per heavy atom. The minimum Gasteiger partial charge on any atom is -0.316 e. The fraction of sp³-hybridized carbons (Fsp3) is 1.00. The Balaban J connectivity index is 3.43. The molecule has 1 atom stereocenters. The Bertz CT molecular complexity index is 123. The van der Waals surface area contributed by atoms with E-state index in [1.54, 1.807) is 0 Å². The molecule has 0 aliphatic rings. The van der Waals surface area contributed by atoms with Crippen molar-refractivity contribution in [3.63, 3.8) is 0 Å². The van der Waals surface area contributed by atoms with E-state index in [1.807, 2.05) is 0 Å². The van der Waals surface area contributed by atoms with E-state index in [0.717, 1.165) is 5.92 Å². The third-order valence-electron chi connectivity index (χ3n) is 3.27. The van der Waals surface area contributed by atoms with E-state index in [2.05, 4.69) is 26.1 Å². The normalized spacial score (nSPS) is 12.9. The summed E-state index contributed by atoms with van der Waals surface area (Å²) in [5, 5.41) is 3.57. The highest BCUT2D eigenvalue weighted by Gasteiger charge is 2.06. The average molecular weight is 227 g/mol. The van der Waals surface area contributed by atoms with Gasteiger partial charge in [0.15, 0.2) is 0 Å². The predicted octanol–water partition coefficient (Wildman–Crippen LogP) is 4.76. The molecule has 0 saturated carbocycles. The molecule has 0 saturated heterocycles. The van der Waals surface area contributed by atoms with Gasteiger partial charge in [-0.3, -0.25) is 0 Å². The monoisotopic (exact) mass is 227 g/mol. The molecule has 0 radical (unpaired) electrons. The van der Waals surface area contributed by atoms with Crippen LogP contribution in [0.2, 0.25) is 0 Å². The van der Waals surface area contributed by atoms with Crippen LogP contribution in [-0.4, -0.2) is 13.1 Å². The standard InChI is InChI=1S/C15H33N/c1-4-7-8-9-10-12-15(11-5-2)14-16-13-6-3/h15-16H,4-14H2,1-3H3. The van der Waals surface area contributed by atoms with Crippen molar-refractivity contribution in [3.8, 4) is 0 Å². The molecule has 0 aliphatic heterocycles. The molecule has 0 heterocycles. The number of unbranched alkanes of at least 4 members (excludes halogenated alkanes) is 4. The third kappa shape index (κ3) is 10.5. The first kappa shape index (κ1) is 16.0. The zero-order chi connectivity index (χ0) is 12.1. The van der Waals surface area contributed by atoms with E-state index in [1.165, 1.54) is 70.9 Å². The van der Waals surface area contributed by atoms with Crippen LogP contribution in [0.25, 0.3) is 0 Å². The van der Waals surface area contributed by atoms with E-state index >= 15 is 0 Å². The summed E-state index contributed by atoms with van der Waals surface area (Å²) in [6.07, 6.45) is 12.6. The van der Waals surface area contributed by atoms with Gasteiger partial charge in [0.25, 0.3) is 0 Å². The first-order valence-corrected chi connectivity index (χ1v) is 7.55. The Hall–Kier alpha value is -0.0400. The molecule has 98 valence electrons. The maximum Gasteiger partial charge on any atom is -0.00205 e. The van der Waals surface area contributed by atoms with Gasteiger partial charge in [-0.05, 0) is 38.3 Å². The maximum absolute atomic E-state index is 3.57. The van der Waals surface area contributed by atoms with Crippen LogP contribution in [0.15, 0.2) is 0 Å². The summed E-state index contributed by atoms with van der Waals surface area (Å²) in [5.74, 6) is 0.929. The Labute approximate surface area is 103 Å². The van der Waals surface area contributed by atoms with E-state index in [0.29, 0.717) is 0 Å². The van der Waals surface area contributed by atoms with E-state index in [9.17, 15) is 0 Å². The second-order valence-corrected chi connectivity index (χ2v) is 5.06. The highest BCUT2D eigenvalue weighted by molar-refractivity contribution is 4.62. The van der Waals surface area contributed by atoms with Crippen LogP contribution in [-0.2, 0) is 0 Å². The van der Waals surface area contributed by atoms with Crippen molar-refractivity contribution in [1.29, 1.82) is 0 Å². The Morgan fingerprint density at radius 2 is 1.50 bits per heavy atom. The van der Waals surface area contributed by atoms with Crippen molar-refractivity contribution in [3.05, 3.63) is 0 Å². The third-order valence-corrected chi connectivity index (χ3v) is 3.27. The fourth-order valence-electron chi connectivity index (χ4n) is 2.28. The van der Waals surface area contributed by atoms with Crippen LogP contribution >= 0.6 is 0 Å². The summed E-state index contributed by atoms with van der Waals surface area (Å²) >= 11 is 0. The summed E-state index contributed by atoms with van der Waals surface area (Å²) < 4.78 is 0. The van der Waals surface area contributed by atoms with Gasteiger partial charge in [0, 0.05) is 0 Å². The minimum atomic E-state index is 0.929. The summed E-state index contributed by atoms with van der Waals surface area (Å²) in [5.41, 5.74) is 0. The highest BCUT2D eigenvalue weighted by Crippen LogP contribution is 2.15. The maximum atomic E-state index is 3.57. The van der Waals surface area contributed by atoms with Gasteiger partial charge in [-0.15, -0.1) is 0 Å². The molecule has 0 fully saturated rings. The molecule has 1 unspecified atom stereocenters. The molecule has 1 nitrogen and oxygen atoms in total. The zero-order valence-corrected chi connectivity index (χ0v) is 11.9. The van der Waals surface area contributed by atoms with Crippen LogP contribution in [0.5, 0.6) is 0 Å². The van der Waals surface area contributed by atoms with Gasteiger partial charge in [0.05, 0.1) is 0 Å². The lowest BCUT2D eigenvalue weighted by molar-refractivity contribution is 0.395. The van der Waals surface area contributed by atoms with Crippen LogP contribution < -0.4 is 5.32 Å². The van der Waals surface area contributed by atoms with Gasteiger partial charge >= 0.3 is 0 Å². The lowest BCUT2D eigenvalue weighted by atomic mass is 9.96. The average Bonchev–Trinajstić information content (AvgIpc) is 2.29. The molecular formula is C15H33N. The van der Waals surface area contributed by atoms with E-state index in [4.69, 9.17) is 0 Å². The first-order chi connectivity index (χ1) is 7.85.